The monoisotopic (exact) mass is 245 g/mol. The Morgan fingerprint density at radius 1 is 1.06 bits per heavy atom. The number of rotatable bonds is 3. The minimum atomic E-state index is -1.38. The Bertz CT molecular complexity index is 272. The summed E-state index contributed by atoms with van der Waals surface area (Å²) in [5.41, 5.74) is 0. The van der Waals surface area contributed by atoms with E-state index in [1.807, 2.05) is 4.90 Å². The maximum atomic E-state index is 10.6. The van der Waals surface area contributed by atoms with E-state index in [4.69, 9.17) is 10.2 Å². The van der Waals surface area contributed by atoms with Crippen molar-refractivity contribution < 1.29 is 24.6 Å². The highest BCUT2D eigenvalue weighted by Crippen LogP contribution is 2.11. The van der Waals surface area contributed by atoms with Crippen LogP contribution in [0.5, 0.6) is 0 Å². The summed E-state index contributed by atoms with van der Waals surface area (Å²) in [6, 6.07) is -0.296. The van der Waals surface area contributed by atoms with E-state index in [1.165, 1.54) is 6.42 Å². The van der Waals surface area contributed by atoms with Crippen LogP contribution in [0.2, 0.25) is 0 Å². The third-order valence-electron chi connectivity index (χ3n) is 2.60. The zero-order chi connectivity index (χ0) is 13.4. The van der Waals surface area contributed by atoms with E-state index in [1.54, 1.807) is 6.92 Å². The number of aliphatic carboxylic acids is 2. The van der Waals surface area contributed by atoms with Gasteiger partial charge >= 0.3 is 11.9 Å². The first kappa shape index (κ1) is 15.6. The molecule has 1 unspecified atom stereocenters. The summed E-state index contributed by atoms with van der Waals surface area (Å²) in [4.78, 5) is 31.5. The van der Waals surface area contributed by atoms with E-state index in [0.717, 1.165) is 32.9 Å². The van der Waals surface area contributed by atoms with Gasteiger partial charge in [0.1, 0.15) is 6.04 Å². The lowest BCUT2D eigenvalue weighted by atomic mass is 10.1. The molecule has 17 heavy (non-hydrogen) atoms. The summed E-state index contributed by atoms with van der Waals surface area (Å²) in [6.45, 7) is 4.66. The summed E-state index contributed by atoms with van der Waals surface area (Å²) < 4.78 is 0. The molecule has 0 aromatic rings. The molecular weight excluding hydrogens is 226 g/mol. The molecule has 0 radical (unpaired) electrons. The van der Waals surface area contributed by atoms with Gasteiger partial charge in [0.05, 0.1) is 0 Å². The predicted molar refractivity (Wildman–Crippen MR) is 60.8 cm³/mol. The topological polar surface area (TPSA) is 94.9 Å². The molecule has 6 heteroatoms. The Morgan fingerprint density at radius 3 is 1.76 bits per heavy atom. The van der Waals surface area contributed by atoms with Crippen molar-refractivity contribution in [2.45, 2.75) is 39.2 Å². The van der Waals surface area contributed by atoms with Crippen LogP contribution in [0, 0.1) is 0 Å². The molecule has 98 valence electrons. The van der Waals surface area contributed by atoms with Crippen molar-refractivity contribution in [2.75, 3.05) is 13.1 Å². The molecule has 1 aliphatic heterocycles. The van der Waals surface area contributed by atoms with Crippen molar-refractivity contribution >= 4 is 17.7 Å². The van der Waals surface area contributed by atoms with Gasteiger partial charge in [0.25, 0.3) is 0 Å². The van der Waals surface area contributed by atoms with Crippen molar-refractivity contribution in [3.8, 4) is 0 Å². The van der Waals surface area contributed by atoms with Crippen LogP contribution >= 0.6 is 0 Å². The van der Waals surface area contributed by atoms with E-state index in [0.29, 0.717) is 0 Å². The Hall–Kier alpha value is -1.43. The van der Waals surface area contributed by atoms with Gasteiger partial charge < -0.3 is 10.2 Å². The Kier molecular flexibility index (Phi) is 7.13. The lowest BCUT2D eigenvalue weighted by Gasteiger charge is -2.29. The molecule has 1 atom stereocenters. The number of carbonyl (C=O) groups is 3. The Balaban J connectivity index is 0.000000366. The van der Waals surface area contributed by atoms with Crippen LogP contribution in [0.4, 0.5) is 0 Å². The molecule has 1 aliphatic rings. The second-order valence-electron chi connectivity index (χ2n) is 3.97. The van der Waals surface area contributed by atoms with Crippen molar-refractivity contribution in [3.05, 3.63) is 0 Å². The zero-order valence-corrected chi connectivity index (χ0v) is 10.2. The number of nitrogens with zero attached hydrogens (tertiary/aromatic N) is 1. The molecule has 0 amide bonds. The lowest BCUT2D eigenvalue weighted by molar-refractivity contribution is -0.148. The van der Waals surface area contributed by atoms with Crippen LogP contribution in [0.3, 0.4) is 0 Å². The smallest absolute Gasteiger partial charge is 0.371 e. The Labute approximate surface area is 100 Å². The zero-order valence-electron chi connectivity index (χ0n) is 10.2. The number of ketones is 1. The van der Waals surface area contributed by atoms with Gasteiger partial charge in [-0.25, -0.2) is 4.79 Å². The molecule has 6 nitrogen and oxygen atoms in total. The van der Waals surface area contributed by atoms with Gasteiger partial charge in [0.15, 0.2) is 0 Å². The average Bonchev–Trinajstić information content (AvgIpc) is 2.29. The number of carboxylic acid groups (broad SMARTS) is 2. The number of carboxylic acids is 2. The summed E-state index contributed by atoms with van der Waals surface area (Å²) >= 11 is 0. The SMILES string of the molecule is CC(=O)C(=O)O.CC(C(=O)O)N1CCCCC1. The van der Waals surface area contributed by atoms with Gasteiger partial charge in [-0.1, -0.05) is 6.42 Å². The molecule has 0 aromatic carbocycles. The van der Waals surface area contributed by atoms with Crippen LogP contribution < -0.4 is 0 Å². The van der Waals surface area contributed by atoms with Crippen LogP contribution in [-0.4, -0.2) is 52.0 Å². The first-order valence-corrected chi connectivity index (χ1v) is 5.57. The van der Waals surface area contributed by atoms with Gasteiger partial charge in [-0.3, -0.25) is 14.5 Å². The molecule has 1 rings (SSSR count). The molecule has 0 bridgehead atoms. The van der Waals surface area contributed by atoms with E-state index in [-0.39, 0.29) is 6.04 Å². The van der Waals surface area contributed by atoms with Gasteiger partial charge in [-0.15, -0.1) is 0 Å². The largest absolute Gasteiger partial charge is 0.480 e. The number of Topliss-reactive ketones (excluding diaryl/α,β-unsaturated/α-hetero) is 1. The highest BCUT2D eigenvalue weighted by Gasteiger charge is 2.21. The van der Waals surface area contributed by atoms with Crippen LogP contribution in [-0.2, 0) is 14.4 Å². The number of piperidine rings is 1. The van der Waals surface area contributed by atoms with E-state index >= 15 is 0 Å². The predicted octanol–water partition coefficient (Wildman–Crippen LogP) is 0.605. The third-order valence-corrected chi connectivity index (χ3v) is 2.60. The molecule has 0 aromatic heterocycles. The summed E-state index contributed by atoms with van der Waals surface area (Å²) in [5.74, 6) is -2.91. The minimum absolute atomic E-state index is 0.296. The number of likely N-dealkylation sites (tertiary alicyclic amines) is 1. The van der Waals surface area contributed by atoms with E-state index in [9.17, 15) is 14.4 Å². The first-order valence-electron chi connectivity index (χ1n) is 5.57. The maximum absolute atomic E-state index is 10.6. The molecule has 1 saturated heterocycles. The molecule has 1 fully saturated rings. The van der Waals surface area contributed by atoms with Gasteiger partial charge in [0, 0.05) is 6.92 Å². The van der Waals surface area contributed by atoms with Crippen LogP contribution in [0.15, 0.2) is 0 Å². The normalized spacial score (nSPS) is 17.5. The van der Waals surface area contributed by atoms with Crippen LogP contribution in [0.25, 0.3) is 0 Å². The van der Waals surface area contributed by atoms with E-state index in [2.05, 4.69) is 0 Å². The Morgan fingerprint density at radius 2 is 1.47 bits per heavy atom. The fourth-order valence-electron chi connectivity index (χ4n) is 1.46. The van der Waals surface area contributed by atoms with Crippen molar-refractivity contribution in [2.24, 2.45) is 0 Å². The standard InChI is InChI=1S/C8H15NO2.C3H4O3/c1-7(8(10)11)9-5-3-2-4-6-9;1-2(4)3(5)6/h7H,2-6H2,1H3,(H,10,11);1H3,(H,5,6). The molecule has 0 aliphatic carbocycles. The first-order chi connectivity index (χ1) is 7.86. The molecular formula is C11H19NO5. The molecule has 0 spiro atoms. The lowest BCUT2D eigenvalue weighted by Crippen LogP contribution is -2.41. The second-order valence-corrected chi connectivity index (χ2v) is 3.97. The average molecular weight is 245 g/mol. The number of hydrogen-bond donors (Lipinski definition) is 2. The summed E-state index contributed by atoms with van der Waals surface area (Å²) in [5, 5.41) is 16.3. The summed E-state index contributed by atoms with van der Waals surface area (Å²) in [7, 11) is 0. The van der Waals surface area contributed by atoms with Crippen molar-refractivity contribution in [3.63, 3.8) is 0 Å². The highest BCUT2D eigenvalue weighted by atomic mass is 16.4. The maximum Gasteiger partial charge on any atom is 0.371 e. The second kappa shape index (κ2) is 7.78. The van der Waals surface area contributed by atoms with Gasteiger partial charge in [0.2, 0.25) is 5.78 Å². The molecule has 1 heterocycles. The van der Waals surface area contributed by atoms with E-state index < -0.39 is 17.7 Å². The van der Waals surface area contributed by atoms with Gasteiger partial charge in [-0.05, 0) is 32.9 Å². The van der Waals surface area contributed by atoms with Crippen LogP contribution in [0.1, 0.15) is 33.1 Å². The quantitative estimate of drug-likeness (QED) is 0.707. The van der Waals surface area contributed by atoms with Crippen molar-refractivity contribution in [1.82, 2.24) is 4.90 Å². The fraction of sp³-hybridized carbons (Fsp3) is 0.727. The molecule has 2 N–H and O–H groups in total. The summed E-state index contributed by atoms with van der Waals surface area (Å²) in [6.07, 6.45) is 3.55. The minimum Gasteiger partial charge on any atom is -0.480 e. The van der Waals surface area contributed by atoms with Crippen molar-refractivity contribution in [1.29, 1.82) is 0 Å². The number of hydrogen-bond acceptors (Lipinski definition) is 4. The fourth-order valence-corrected chi connectivity index (χ4v) is 1.46. The number of carbonyl (C=O) groups excluding carboxylic acids is 1. The van der Waals surface area contributed by atoms with Gasteiger partial charge in [-0.2, -0.15) is 0 Å². The molecule has 0 saturated carbocycles. The third kappa shape index (κ3) is 6.68. The highest BCUT2D eigenvalue weighted by molar-refractivity contribution is 6.31.